The van der Waals surface area contributed by atoms with Gasteiger partial charge in [0, 0.05) is 25.0 Å². The first-order chi connectivity index (χ1) is 10.1. The molecule has 8 heteroatoms. The van der Waals surface area contributed by atoms with Crippen LogP contribution in [0.3, 0.4) is 0 Å². The van der Waals surface area contributed by atoms with E-state index in [0.717, 1.165) is 12.8 Å². The summed E-state index contributed by atoms with van der Waals surface area (Å²) in [4.78, 5) is 4.29. The molecule has 1 N–H and O–H groups in total. The first-order valence-corrected chi connectivity index (χ1v) is 9.15. The third-order valence-electron chi connectivity index (χ3n) is 3.85. The first-order valence-electron chi connectivity index (χ1n) is 7.71. The van der Waals surface area contributed by atoms with E-state index in [4.69, 9.17) is 4.52 Å². The fourth-order valence-electron chi connectivity index (χ4n) is 2.33. The molecule has 1 aromatic rings. The maximum absolute atomic E-state index is 12.4. The molecule has 2 heterocycles. The van der Waals surface area contributed by atoms with E-state index in [9.17, 15) is 8.42 Å². The number of hydrogen-bond acceptors (Lipinski definition) is 6. The van der Waals surface area contributed by atoms with Crippen LogP contribution >= 0.6 is 0 Å². The topological polar surface area (TPSA) is 88.3 Å². The normalized spacial score (nSPS) is 18.8. The molecule has 1 fully saturated rings. The van der Waals surface area contributed by atoms with Crippen LogP contribution in [0.25, 0.3) is 0 Å². The summed E-state index contributed by atoms with van der Waals surface area (Å²) >= 11 is 0. The molecule has 1 aliphatic rings. The smallest absolute Gasteiger partial charge is 0.321 e. The Kier molecular flexibility index (Phi) is 4.81. The number of aromatic nitrogens is 2. The van der Waals surface area contributed by atoms with Gasteiger partial charge >= 0.3 is 6.01 Å². The highest BCUT2D eigenvalue weighted by Gasteiger charge is 2.37. The van der Waals surface area contributed by atoms with Gasteiger partial charge in [0.05, 0.1) is 4.75 Å². The standard InChI is InChI=1S/C14H26N4O3S/c1-10(2)12-16-13(21-17-12)15-11-6-8-18(9-7-11)22(19,20)14(3,4)5/h10-11H,6-9H2,1-5H3,(H,15,16,17). The van der Waals surface area contributed by atoms with Crippen molar-refractivity contribution in [2.75, 3.05) is 18.4 Å². The molecule has 22 heavy (non-hydrogen) atoms. The minimum absolute atomic E-state index is 0.159. The number of nitrogens with zero attached hydrogens (tertiary/aromatic N) is 3. The number of piperidine rings is 1. The summed E-state index contributed by atoms with van der Waals surface area (Å²) in [7, 11) is -3.25. The van der Waals surface area contributed by atoms with Gasteiger partial charge in [0.2, 0.25) is 10.0 Å². The summed E-state index contributed by atoms with van der Waals surface area (Å²) in [5.41, 5.74) is 0. The highest BCUT2D eigenvalue weighted by atomic mass is 32.2. The Hall–Kier alpha value is -1.15. The average molecular weight is 330 g/mol. The molecule has 0 bridgehead atoms. The molecular weight excluding hydrogens is 304 g/mol. The molecule has 2 rings (SSSR count). The Labute approximate surface area is 132 Å². The van der Waals surface area contributed by atoms with Crippen molar-refractivity contribution in [3.8, 4) is 0 Å². The van der Waals surface area contributed by atoms with Crippen molar-refractivity contribution in [3.63, 3.8) is 0 Å². The predicted octanol–water partition coefficient (Wildman–Crippen LogP) is 2.20. The first kappa shape index (κ1) is 17.2. The van der Waals surface area contributed by atoms with E-state index in [2.05, 4.69) is 15.5 Å². The summed E-state index contributed by atoms with van der Waals surface area (Å²) < 4.78 is 30.8. The lowest BCUT2D eigenvalue weighted by molar-refractivity contribution is 0.316. The maximum Gasteiger partial charge on any atom is 0.321 e. The van der Waals surface area contributed by atoms with Crippen molar-refractivity contribution >= 4 is 16.0 Å². The summed E-state index contributed by atoms with van der Waals surface area (Å²) in [6, 6.07) is 0.577. The molecular formula is C14H26N4O3S. The molecule has 1 aliphatic heterocycles. The number of rotatable bonds is 4. The second-order valence-corrected chi connectivity index (χ2v) is 9.74. The van der Waals surface area contributed by atoms with Crippen LogP contribution in [-0.2, 0) is 10.0 Å². The van der Waals surface area contributed by atoms with Gasteiger partial charge in [0.25, 0.3) is 0 Å². The summed E-state index contributed by atoms with van der Waals surface area (Å²) in [5.74, 6) is 0.897. The van der Waals surface area contributed by atoms with Crippen LogP contribution in [0.2, 0.25) is 0 Å². The summed E-state index contributed by atoms with van der Waals surface area (Å²) in [6.45, 7) is 10.2. The molecule has 7 nitrogen and oxygen atoms in total. The summed E-state index contributed by atoms with van der Waals surface area (Å²) in [6.07, 6.45) is 1.46. The van der Waals surface area contributed by atoms with Crippen LogP contribution in [0.15, 0.2) is 4.52 Å². The van der Waals surface area contributed by atoms with Gasteiger partial charge in [-0.25, -0.2) is 12.7 Å². The molecule has 0 spiro atoms. The van der Waals surface area contributed by atoms with Gasteiger partial charge in [-0.2, -0.15) is 4.98 Å². The number of anilines is 1. The van der Waals surface area contributed by atoms with E-state index in [1.165, 1.54) is 0 Å². The van der Waals surface area contributed by atoms with E-state index < -0.39 is 14.8 Å². The van der Waals surface area contributed by atoms with Crippen molar-refractivity contribution < 1.29 is 12.9 Å². The lowest BCUT2D eigenvalue weighted by Gasteiger charge is -2.35. The zero-order chi connectivity index (χ0) is 16.5. The van der Waals surface area contributed by atoms with Gasteiger partial charge in [0.1, 0.15) is 0 Å². The largest absolute Gasteiger partial charge is 0.335 e. The highest BCUT2D eigenvalue weighted by molar-refractivity contribution is 7.90. The number of nitrogens with one attached hydrogen (secondary N) is 1. The highest BCUT2D eigenvalue weighted by Crippen LogP contribution is 2.25. The molecule has 0 unspecified atom stereocenters. The van der Waals surface area contributed by atoms with Gasteiger partial charge in [0.15, 0.2) is 5.82 Å². The Balaban J connectivity index is 1.92. The fraction of sp³-hybridized carbons (Fsp3) is 0.857. The van der Waals surface area contributed by atoms with E-state index in [1.54, 1.807) is 25.1 Å². The molecule has 0 saturated carbocycles. The molecule has 0 amide bonds. The molecule has 0 aromatic carbocycles. The van der Waals surface area contributed by atoms with Crippen LogP contribution in [0, 0.1) is 0 Å². The van der Waals surface area contributed by atoms with Crippen LogP contribution < -0.4 is 5.32 Å². The fourth-order valence-corrected chi connectivity index (χ4v) is 3.80. The zero-order valence-electron chi connectivity index (χ0n) is 14.0. The number of sulfonamides is 1. The molecule has 1 aromatic heterocycles. The van der Waals surface area contributed by atoms with Crippen molar-refractivity contribution in [2.45, 2.75) is 64.2 Å². The van der Waals surface area contributed by atoms with Gasteiger partial charge in [-0.1, -0.05) is 19.0 Å². The Morgan fingerprint density at radius 3 is 2.32 bits per heavy atom. The minimum Gasteiger partial charge on any atom is -0.335 e. The molecule has 0 radical (unpaired) electrons. The monoisotopic (exact) mass is 330 g/mol. The quantitative estimate of drug-likeness (QED) is 0.910. The summed E-state index contributed by atoms with van der Waals surface area (Å²) in [5, 5.41) is 7.12. The van der Waals surface area contributed by atoms with Crippen LogP contribution in [0.1, 0.15) is 59.2 Å². The van der Waals surface area contributed by atoms with Crippen molar-refractivity contribution in [1.29, 1.82) is 0 Å². The second-order valence-electron chi connectivity index (χ2n) is 7.05. The van der Waals surface area contributed by atoms with Gasteiger partial charge in [-0.3, -0.25) is 0 Å². The van der Waals surface area contributed by atoms with Crippen LogP contribution in [-0.4, -0.2) is 46.7 Å². The molecule has 0 aliphatic carbocycles. The van der Waals surface area contributed by atoms with E-state index in [-0.39, 0.29) is 12.0 Å². The molecule has 126 valence electrons. The predicted molar refractivity (Wildman–Crippen MR) is 85.3 cm³/mol. The van der Waals surface area contributed by atoms with E-state index in [1.807, 2.05) is 13.8 Å². The lowest BCUT2D eigenvalue weighted by Crippen LogP contribution is -2.48. The van der Waals surface area contributed by atoms with E-state index >= 15 is 0 Å². The Morgan fingerprint density at radius 2 is 1.86 bits per heavy atom. The van der Waals surface area contributed by atoms with E-state index in [0.29, 0.717) is 24.9 Å². The van der Waals surface area contributed by atoms with Gasteiger partial charge < -0.3 is 9.84 Å². The van der Waals surface area contributed by atoms with Gasteiger partial charge in [-0.15, -0.1) is 0 Å². The minimum atomic E-state index is -3.25. The second kappa shape index (κ2) is 6.16. The molecule has 0 atom stereocenters. The lowest BCUT2D eigenvalue weighted by atomic mass is 10.1. The Bertz CT molecular complexity index is 596. The maximum atomic E-state index is 12.4. The third kappa shape index (κ3) is 3.60. The number of hydrogen-bond donors (Lipinski definition) is 1. The van der Waals surface area contributed by atoms with Crippen molar-refractivity contribution in [1.82, 2.24) is 14.4 Å². The zero-order valence-corrected chi connectivity index (χ0v) is 14.8. The molecule has 1 saturated heterocycles. The van der Waals surface area contributed by atoms with Crippen molar-refractivity contribution in [3.05, 3.63) is 5.82 Å². The van der Waals surface area contributed by atoms with Crippen LogP contribution in [0.5, 0.6) is 0 Å². The SMILES string of the molecule is CC(C)c1noc(NC2CCN(S(=O)(=O)C(C)(C)C)CC2)n1. The van der Waals surface area contributed by atoms with Crippen LogP contribution in [0.4, 0.5) is 6.01 Å². The Morgan fingerprint density at radius 1 is 1.27 bits per heavy atom. The third-order valence-corrected chi connectivity index (χ3v) is 6.45. The average Bonchev–Trinajstić information content (AvgIpc) is 2.87. The van der Waals surface area contributed by atoms with Gasteiger partial charge in [-0.05, 0) is 33.6 Å². The van der Waals surface area contributed by atoms with Crippen molar-refractivity contribution in [2.24, 2.45) is 0 Å².